The van der Waals surface area contributed by atoms with Crippen LogP contribution in [-0.4, -0.2) is 140 Å². The molecule has 14 heteroatoms. The molecule has 2 heterocycles. The smallest absolute Gasteiger partial charge is 0.220 e. The summed E-state index contributed by atoms with van der Waals surface area (Å²) in [6.07, 6.45) is 34.3. The minimum absolute atomic E-state index is 0.259. The quantitative estimate of drug-likeness (QED) is 0.0207. The van der Waals surface area contributed by atoms with Crippen LogP contribution in [0.1, 0.15) is 206 Å². The molecule has 70 heavy (non-hydrogen) atoms. The molecule has 9 N–H and O–H groups in total. The maximum atomic E-state index is 13.2. The number of hydrogen-bond acceptors (Lipinski definition) is 13. The van der Waals surface area contributed by atoms with Gasteiger partial charge in [-0.25, -0.2) is 0 Å². The van der Waals surface area contributed by atoms with Crippen molar-refractivity contribution in [1.82, 2.24) is 5.32 Å². The Morgan fingerprint density at radius 2 is 0.914 bits per heavy atom. The highest BCUT2D eigenvalue weighted by Crippen LogP contribution is 2.30. The molecule has 0 spiro atoms. The summed E-state index contributed by atoms with van der Waals surface area (Å²) in [5, 5.41) is 86.9. The van der Waals surface area contributed by atoms with Gasteiger partial charge in [-0.3, -0.25) is 4.79 Å². The molecule has 0 aliphatic carbocycles. The summed E-state index contributed by atoms with van der Waals surface area (Å²) < 4.78 is 22.7. The number of amides is 1. The van der Waals surface area contributed by atoms with Crippen molar-refractivity contribution in [3.63, 3.8) is 0 Å². The first kappa shape index (κ1) is 64.1. The second-order valence-electron chi connectivity index (χ2n) is 19.7. The Morgan fingerprint density at radius 1 is 0.500 bits per heavy atom. The summed E-state index contributed by atoms with van der Waals surface area (Å²) in [7, 11) is 0. The number of unbranched alkanes of at least 4 members (excludes halogenated alkanes) is 24. The molecule has 408 valence electrons. The number of hydrogen-bond donors (Lipinski definition) is 9. The zero-order valence-electron chi connectivity index (χ0n) is 43.5. The number of aliphatic hydroxyl groups excluding tert-OH is 8. The molecule has 0 radical (unpaired) electrons. The third-order valence-electron chi connectivity index (χ3n) is 13.5. The van der Waals surface area contributed by atoms with Gasteiger partial charge in [0.2, 0.25) is 5.91 Å². The van der Waals surface area contributed by atoms with Gasteiger partial charge in [0.15, 0.2) is 12.6 Å². The van der Waals surface area contributed by atoms with E-state index in [9.17, 15) is 45.6 Å². The van der Waals surface area contributed by atoms with Gasteiger partial charge in [-0.2, -0.15) is 0 Å². The normalized spacial score (nSPS) is 26.3. The van der Waals surface area contributed by atoms with Crippen LogP contribution in [0.5, 0.6) is 0 Å². The predicted octanol–water partition coefficient (Wildman–Crippen LogP) is 8.44. The third-order valence-corrected chi connectivity index (χ3v) is 13.5. The number of rotatable bonds is 43. The van der Waals surface area contributed by atoms with Gasteiger partial charge in [0.05, 0.1) is 32.0 Å². The summed E-state index contributed by atoms with van der Waals surface area (Å²) in [6, 6.07) is -0.940. The Labute approximate surface area is 423 Å². The summed E-state index contributed by atoms with van der Waals surface area (Å²) in [6.45, 7) is 2.76. The van der Waals surface area contributed by atoms with Crippen molar-refractivity contribution in [2.45, 2.75) is 280 Å². The van der Waals surface area contributed by atoms with Crippen molar-refractivity contribution in [3.05, 3.63) is 48.6 Å². The number of carbonyl (C=O) groups is 1. The van der Waals surface area contributed by atoms with Gasteiger partial charge in [0, 0.05) is 6.42 Å². The van der Waals surface area contributed by atoms with E-state index in [0.29, 0.717) is 12.8 Å². The maximum Gasteiger partial charge on any atom is 0.220 e. The summed E-state index contributed by atoms with van der Waals surface area (Å²) in [5.74, 6) is -0.259. The standard InChI is InChI=1S/C56H101NO13/c1-3-5-7-9-11-13-15-17-19-21-22-24-25-27-29-31-33-35-37-39-45(60)44(57-48(61)40-38-36-34-32-30-28-26-23-20-18-16-14-12-10-8-6-4-2)43-67-55-53(66)51(64)54(47(42-59)69-55)70-56-52(65)50(63)49(62)46(41-58)68-56/h18,20,22,24,29,31,37,39,44-47,49-56,58-60,62-66H,3-17,19,21,23,25-28,30,32-36,38,40-43H2,1-2H3,(H,57,61)/b20-18-,24-22+,31-29+,39-37+. The number of carbonyl (C=O) groups excluding carboxylic acids is 1. The summed E-state index contributed by atoms with van der Waals surface area (Å²) >= 11 is 0. The molecule has 0 aromatic rings. The van der Waals surface area contributed by atoms with Crippen LogP contribution < -0.4 is 5.32 Å². The van der Waals surface area contributed by atoms with E-state index in [0.717, 1.165) is 51.4 Å². The fraction of sp³-hybridized carbons (Fsp3) is 0.839. The SMILES string of the molecule is CCCCCCCC/C=C\CCCCCCCCCC(=O)NC(COC1OC(CO)C(OC2OC(CO)C(O)C(O)C2O)C(O)C1O)C(O)/C=C/CC/C=C/CC/C=C/CCCCCCCCCCC. The van der Waals surface area contributed by atoms with Crippen LogP contribution in [-0.2, 0) is 23.7 Å². The number of aliphatic hydroxyl groups is 8. The lowest BCUT2D eigenvalue weighted by atomic mass is 9.97. The van der Waals surface area contributed by atoms with Crippen LogP contribution in [0.3, 0.4) is 0 Å². The van der Waals surface area contributed by atoms with Crippen LogP contribution in [0, 0.1) is 0 Å². The average Bonchev–Trinajstić information content (AvgIpc) is 3.36. The highest BCUT2D eigenvalue weighted by molar-refractivity contribution is 5.76. The third kappa shape index (κ3) is 28.4. The summed E-state index contributed by atoms with van der Waals surface area (Å²) in [4.78, 5) is 13.2. The number of allylic oxidation sites excluding steroid dienone is 7. The lowest BCUT2D eigenvalue weighted by molar-refractivity contribution is -0.359. The summed E-state index contributed by atoms with van der Waals surface area (Å²) in [5.41, 5.74) is 0. The van der Waals surface area contributed by atoms with Crippen LogP contribution in [0.2, 0.25) is 0 Å². The highest BCUT2D eigenvalue weighted by atomic mass is 16.7. The molecule has 12 unspecified atom stereocenters. The zero-order valence-corrected chi connectivity index (χ0v) is 43.5. The van der Waals surface area contributed by atoms with Gasteiger partial charge in [0.25, 0.3) is 0 Å². The van der Waals surface area contributed by atoms with E-state index in [1.54, 1.807) is 6.08 Å². The molecule has 2 rings (SSSR count). The van der Waals surface area contributed by atoms with E-state index in [-0.39, 0.29) is 18.9 Å². The van der Waals surface area contributed by atoms with Crippen LogP contribution in [0.15, 0.2) is 48.6 Å². The maximum absolute atomic E-state index is 13.2. The Kier molecular flexibility index (Phi) is 38.7. The first-order valence-electron chi connectivity index (χ1n) is 27.9. The van der Waals surface area contributed by atoms with Crippen molar-refractivity contribution < 1.29 is 64.6 Å². The van der Waals surface area contributed by atoms with Crippen LogP contribution in [0.25, 0.3) is 0 Å². The average molecular weight is 996 g/mol. The molecule has 2 aliphatic heterocycles. The van der Waals surface area contributed by atoms with Crippen molar-refractivity contribution >= 4 is 5.91 Å². The lowest BCUT2D eigenvalue weighted by Crippen LogP contribution is -2.65. The van der Waals surface area contributed by atoms with Crippen molar-refractivity contribution in [2.75, 3.05) is 19.8 Å². The molecule has 12 atom stereocenters. The van der Waals surface area contributed by atoms with Crippen LogP contribution >= 0.6 is 0 Å². The molecule has 2 fully saturated rings. The predicted molar refractivity (Wildman–Crippen MR) is 277 cm³/mol. The van der Waals surface area contributed by atoms with Gasteiger partial charge >= 0.3 is 0 Å². The zero-order chi connectivity index (χ0) is 51.0. The van der Waals surface area contributed by atoms with Crippen LogP contribution in [0.4, 0.5) is 0 Å². The molecule has 2 saturated heterocycles. The molecule has 0 aromatic carbocycles. The van der Waals surface area contributed by atoms with Crippen molar-refractivity contribution in [3.8, 4) is 0 Å². The molecule has 0 aromatic heterocycles. The fourth-order valence-electron chi connectivity index (χ4n) is 8.90. The van der Waals surface area contributed by atoms with E-state index < -0.39 is 86.8 Å². The Hall–Kier alpha value is -2.05. The molecule has 1 amide bonds. The minimum atomic E-state index is -1.79. The van der Waals surface area contributed by atoms with E-state index in [2.05, 4.69) is 55.6 Å². The van der Waals surface area contributed by atoms with Gasteiger partial charge in [-0.15, -0.1) is 0 Å². The fourth-order valence-corrected chi connectivity index (χ4v) is 8.90. The number of nitrogens with one attached hydrogen (secondary N) is 1. The van der Waals surface area contributed by atoms with E-state index >= 15 is 0 Å². The molecule has 2 aliphatic rings. The highest BCUT2D eigenvalue weighted by Gasteiger charge is 2.51. The van der Waals surface area contributed by atoms with E-state index in [4.69, 9.17) is 18.9 Å². The van der Waals surface area contributed by atoms with E-state index in [1.165, 1.54) is 122 Å². The lowest BCUT2D eigenvalue weighted by Gasteiger charge is -2.46. The molecule has 0 bridgehead atoms. The van der Waals surface area contributed by atoms with Gasteiger partial charge < -0.3 is 65.1 Å². The van der Waals surface area contributed by atoms with Gasteiger partial charge in [0.1, 0.15) is 48.8 Å². The van der Waals surface area contributed by atoms with Crippen molar-refractivity contribution in [1.29, 1.82) is 0 Å². The molecular formula is C56H101NO13. The Bertz CT molecular complexity index is 1360. The first-order valence-corrected chi connectivity index (χ1v) is 27.9. The number of ether oxygens (including phenoxy) is 4. The first-order chi connectivity index (χ1) is 34.1. The molecular weight excluding hydrogens is 895 g/mol. The van der Waals surface area contributed by atoms with Crippen molar-refractivity contribution in [2.24, 2.45) is 0 Å². The second-order valence-corrected chi connectivity index (χ2v) is 19.7. The monoisotopic (exact) mass is 996 g/mol. The molecule has 0 saturated carbocycles. The Balaban J connectivity index is 1.84. The minimum Gasteiger partial charge on any atom is -0.394 e. The van der Waals surface area contributed by atoms with Gasteiger partial charge in [-0.1, -0.05) is 178 Å². The topological polar surface area (TPSA) is 228 Å². The Morgan fingerprint density at radius 3 is 1.40 bits per heavy atom. The second kappa shape index (κ2) is 42.3. The largest absolute Gasteiger partial charge is 0.394 e. The molecule has 14 nitrogen and oxygen atoms in total. The van der Waals surface area contributed by atoms with E-state index in [1.807, 2.05) is 6.08 Å². The van der Waals surface area contributed by atoms with Gasteiger partial charge in [-0.05, 0) is 70.6 Å².